The molecule has 18 heavy (non-hydrogen) atoms. The number of imidazole rings is 1. The predicted octanol–water partition coefficient (Wildman–Crippen LogP) is 2.68. The number of nitrogen functional groups attached to an aromatic ring is 1. The van der Waals surface area contributed by atoms with Gasteiger partial charge in [0.1, 0.15) is 11.6 Å². The van der Waals surface area contributed by atoms with E-state index in [1.807, 2.05) is 12.1 Å². The highest BCUT2D eigenvalue weighted by Crippen LogP contribution is 2.42. The monoisotopic (exact) mass is 240 g/mol. The molecule has 1 aliphatic carbocycles. The van der Waals surface area contributed by atoms with Gasteiger partial charge in [-0.1, -0.05) is 19.4 Å². The molecule has 4 nitrogen and oxygen atoms in total. The van der Waals surface area contributed by atoms with Gasteiger partial charge in [-0.05, 0) is 30.4 Å². The Bertz CT molecular complexity index is 644. The van der Waals surface area contributed by atoms with E-state index in [0.29, 0.717) is 16.9 Å². The van der Waals surface area contributed by atoms with E-state index in [9.17, 15) is 0 Å². The van der Waals surface area contributed by atoms with Crippen LogP contribution in [0.3, 0.4) is 0 Å². The van der Waals surface area contributed by atoms with Gasteiger partial charge in [0, 0.05) is 6.54 Å². The van der Waals surface area contributed by atoms with Crippen LogP contribution in [0, 0.1) is 16.7 Å². The molecule has 1 aromatic heterocycles. The van der Waals surface area contributed by atoms with Crippen LogP contribution in [0.5, 0.6) is 0 Å². The molecule has 0 aliphatic heterocycles. The van der Waals surface area contributed by atoms with Gasteiger partial charge in [0.05, 0.1) is 11.1 Å². The van der Waals surface area contributed by atoms with E-state index in [1.165, 1.54) is 19.3 Å². The van der Waals surface area contributed by atoms with Crippen LogP contribution < -0.4 is 5.73 Å². The van der Waals surface area contributed by atoms with E-state index < -0.39 is 0 Å². The summed E-state index contributed by atoms with van der Waals surface area (Å²) in [6.07, 6.45) is 3.78. The van der Waals surface area contributed by atoms with Gasteiger partial charge in [-0.3, -0.25) is 0 Å². The summed E-state index contributed by atoms with van der Waals surface area (Å²) in [7, 11) is 0. The maximum absolute atomic E-state index is 9.09. The number of nitrogens with two attached hydrogens (primary N) is 1. The van der Waals surface area contributed by atoms with Crippen LogP contribution in [0.4, 0.5) is 5.95 Å². The Labute approximate surface area is 106 Å². The fourth-order valence-electron chi connectivity index (χ4n) is 2.74. The van der Waals surface area contributed by atoms with Gasteiger partial charge in [0.2, 0.25) is 5.95 Å². The van der Waals surface area contributed by atoms with Gasteiger partial charge in [0.15, 0.2) is 0 Å². The Morgan fingerprint density at radius 2 is 2.28 bits per heavy atom. The summed E-state index contributed by atoms with van der Waals surface area (Å²) < 4.78 is 2.05. The Morgan fingerprint density at radius 3 is 2.89 bits per heavy atom. The summed E-state index contributed by atoms with van der Waals surface area (Å²) in [4.78, 5) is 4.34. The number of benzene rings is 1. The second kappa shape index (κ2) is 3.74. The fraction of sp³-hybridized carbons (Fsp3) is 0.429. The first-order chi connectivity index (χ1) is 8.63. The van der Waals surface area contributed by atoms with Crippen molar-refractivity contribution in [2.45, 2.75) is 32.7 Å². The Hall–Kier alpha value is -2.02. The van der Waals surface area contributed by atoms with Crippen LogP contribution >= 0.6 is 0 Å². The number of rotatable bonds is 2. The van der Waals surface area contributed by atoms with E-state index in [0.717, 1.165) is 17.6 Å². The topological polar surface area (TPSA) is 67.6 Å². The molecule has 1 aliphatic rings. The standard InChI is InChI=1S/C14H16N4/c1-14(6-3-7-14)9-18-11-5-2-4-10(8-15)12(11)17-13(18)16/h2,4-5H,3,6-7,9H2,1H3,(H2,16,17). The molecule has 0 saturated heterocycles. The lowest BCUT2D eigenvalue weighted by Gasteiger charge is -2.38. The second-order valence-electron chi connectivity index (χ2n) is 5.51. The molecule has 2 N–H and O–H groups in total. The smallest absolute Gasteiger partial charge is 0.201 e. The van der Waals surface area contributed by atoms with Crippen LogP contribution in [0.2, 0.25) is 0 Å². The fourth-order valence-corrected chi connectivity index (χ4v) is 2.74. The lowest BCUT2D eigenvalue weighted by Crippen LogP contribution is -2.31. The average Bonchev–Trinajstić information content (AvgIpc) is 2.64. The SMILES string of the molecule is CC1(Cn2c(N)nc3c(C#N)cccc32)CCC1. The summed E-state index contributed by atoms with van der Waals surface area (Å²) in [6.45, 7) is 3.18. The minimum Gasteiger partial charge on any atom is -0.369 e. The molecule has 1 fully saturated rings. The van der Waals surface area contributed by atoms with Crippen LogP contribution in [-0.2, 0) is 6.54 Å². The van der Waals surface area contributed by atoms with Crippen molar-refractivity contribution in [3.8, 4) is 6.07 Å². The van der Waals surface area contributed by atoms with Gasteiger partial charge in [0.25, 0.3) is 0 Å². The largest absolute Gasteiger partial charge is 0.369 e. The van der Waals surface area contributed by atoms with Gasteiger partial charge < -0.3 is 10.3 Å². The lowest BCUT2D eigenvalue weighted by atomic mass is 9.70. The molecule has 0 atom stereocenters. The Kier molecular flexibility index (Phi) is 2.30. The number of hydrogen-bond acceptors (Lipinski definition) is 3. The van der Waals surface area contributed by atoms with Crippen molar-refractivity contribution in [2.24, 2.45) is 5.41 Å². The number of hydrogen-bond donors (Lipinski definition) is 1. The Morgan fingerprint density at radius 1 is 1.50 bits per heavy atom. The first-order valence-corrected chi connectivity index (χ1v) is 6.28. The molecule has 1 aromatic carbocycles. The summed E-state index contributed by atoms with van der Waals surface area (Å²) in [5.41, 5.74) is 8.63. The highest BCUT2D eigenvalue weighted by atomic mass is 15.2. The molecule has 1 saturated carbocycles. The zero-order valence-corrected chi connectivity index (χ0v) is 10.5. The molecule has 92 valence electrons. The van der Waals surface area contributed by atoms with E-state index in [4.69, 9.17) is 11.0 Å². The number of para-hydroxylation sites is 1. The van der Waals surface area contributed by atoms with Gasteiger partial charge in [-0.2, -0.15) is 5.26 Å². The number of nitrogens with zero attached hydrogens (tertiary/aromatic N) is 3. The third-order valence-electron chi connectivity index (χ3n) is 4.03. The molecular formula is C14H16N4. The predicted molar refractivity (Wildman–Crippen MR) is 70.8 cm³/mol. The molecule has 0 spiro atoms. The van der Waals surface area contributed by atoms with Gasteiger partial charge in [-0.25, -0.2) is 4.98 Å². The van der Waals surface area contributed by atoms with Crippen LogP contribution in [0.15, 0.2) is 18.2 Å². The summed E-state index contributed by atoms with van der Waals surface area (Å²) >= 11 is 0. The second-order valence-corrected chi connectivity index (χ2v) is 5.51. The maximum Gasteiger partial charge on any atom is 0.201 e. The van der Waals surface area contributed by atoms with Gasteiger partial charge >= 0.3 is 0 Å². The van der Waals surface area contributed by atoms with Gasteiger partial charge in [-0.15, -0.1) is 0 Å². The van der Waals surface area contributed by atoms with E-state index in [2.05, 4.69) is 22.5 Å². The molecule has 3 rings (SSSR count). The molecule has 1 heterocycles. The van der Waals surface area contributed by atoms with E-state index in [1.54, 1.807) is 6.07 Å². The van der Waals surface area contributed by atoms with Crippen LogP contribution in [0.25, 0.3) is 11.0 Å². The van der Waals surface area contributed by atoms with Crippen molar-refractivity contribution in [1.29, 1.82) is 5.26 Å². The van der Waals surface area contributed by atoms with Crippen LogP contribution in [-0.4, -0.2) is 9.55 Å². The van der Waals surface area contributed by atoms with E-state index >= 15 is 0 Å². The third-order valence-corrected chi connectivity index (χ3v) is 4.03. The Balaban J connectivity index is 2.12. The molecule has 0 radical (unpaired) electrons. The highest BCUT2D eigenvalue weighted by molar-refractivity contribution is 5.83. The summed E-state index contributed by atoms with van der Waals surface area (Å²) in [5.74, 6) is 0.515. The zero-order chi connectivity index (χ0) is 12.8. The van der Waals surface area contributed by atoms with Crippen molar-refractivity contribution >= 4 is 17.0 Å². The number of fused-ring (bicyclic) bond motifs is 1. The first-order valence-electron chi connectivity index (χ1n) is 6.28. The molecular weight excluding hydrogens is 224 g/mol. The molecule has 0 bridgehead atoms. The summed E-state index contributed by atoms with van der Waals surface area (Å²) in [6, 6.07) is 7.83. The highest BCUT2D eigenvalue weighted by Gasteiger charge is 2.33. The normalized spacial score (nSPS) is 17.3. The average molecular weight is 240 g/mol. The quantitative estimate of drug-likeness (QED) is 0.877. The molecule has 4 heteroatoms. The van der Waals surface area contributed by atoms with Crippen molar-refractivity contribution in [1.82, 2.24) is 9.55 Å². The zero-order valence-electron chi connectivity index (χ0n) is 10.5. The minimum absolute atomic E-state index is 0.338. The number of aromatic nitrogens is 2. The summed E-state index contributed by atoms with van der Waals surface area (Å²) in [5, 5.41) is 9.09. The molecule has 0 amide bonds. The molecule has 2 aromatic rings. The van der Waals surface area contributed by atoms with Crippen molar-refractivity contribution < 1.29 is 0 Å². The lowest BCUT2D eigenvalue weighted by molar-refractivity contribution is 0.135. The van der Waals surface area contributed by atoms with E-state index in [-0.39, 0.29) is 0 Å². The first kappa shape index (κ1) is 11.1. The maximum atomic E-state index is 9.09. The number of anilines is 1. The third kappa shape index (κ3) is 1.55. The van der Waals surface area contributed by atoms with Crippen molar-refractivity contribution in [3.63, 3.8) is 0 Å². The van der Waals surface area contributed by atoms with Crippen molar-refractivity contribution in [3.05, 3.63) is 23.8 Å². The number of nitriles is 1. The van der Waals surface area contributed by atoms with Crippen molar-refractivity contribution in [2.75, 3.05) is 5.73 Å². The molecule has 0 unspecified atom stereocenters. The minimum atomic E-state index is 0.338. The van der Waals surface area contributed by atoms with Crippen LogP contribution in [0.1, 0.15) is 31.7 Å².